The van der Waals surface area contributed by atoms with E-state index in [1.54, 1.807) is 0 Å². The monoisotopic (exact) mass is 204 g/mol. The molecule has 2 nitrogen and oxygen atoms in total. The highest BCUT2D eigenvalue weighted by atomic mass is 19.0. The largest absolute Gasteiger partial charge is 0.459 e. The zero-order valence-electron chi connectivity index (χ0n) is 9.12. The van der Waals surface area contributed by atoms with Crippen molar-refractivity contribution < 1.29 is 14.2 Å². The Morgan fingerprint density at radius 1 is 1.43 bits per heavy atom. The summed E-state index contributed by atoms with van der Waals surface area (Å²) in [5, 5.41) is 0. The molecular formula is C11H21FO2. The molecule has 3 heteroatoms. The molecule has 0 spiro atoms. The minimum Gasteiger partial charge on any atom is -0.459 e. The quantitative estimate of drug-likeness (QED) is 0.361. The summed E-state index contributed by atoms with van der Waals surface area (Å²) in [5.41, 5.74) is 0. The molecule has 0 fully saturated rings. The van der Waals surface area contributed by atoms with Gasteiger partial charge in [0.2, 0.25) is 0 Å². The van der Waals surface area contributed by atoms with Gasteiger partial charge in [-0.15, -0.1) is 0 Å². The lowest BCUT2D eigenvalue weighted by Crippen LogP contribution is -2.15. The van der Waals surface area contributed by atoms with Crippen LogP contribution in [0.2, 0.25) is 0 Å². The van der Waals surface area contributed by atoms with Crippen LogP contribution in [0.1, 0.15) is 46.0 Å². The predicted molar refractivity (Wildman–Crippen MR) is 57.0 cm³/mol. The maximum absolute atomic E-state index is 10.9. The van der Waals surface area contributed by atoms with Gasteiger partial charge in [-0.1, -0.05) is 33.3 Å². The Morgan fingerprint density at radius 3 is 2.50 bits per heavy atom. The molecule has 0 heterocycles. The Hall–Kier alpha value is -0.860. The second-order valence-corrected chi connectivity index (χ2v) is 3.17. The summed E-state index contributed by atoms with van der Waals surface area (Å²) in [6.45, 7) is 7.57. The van der Waals surface area contributed by atoms with E-state index < -0.39 is 0 Å². The van der Waals surface area contributed by atoms with E-state index in [1.807, 2.05) is 6.92 Å². The Morgan fingerprint density at radius 2 is 2.07 bits per heavy atom. The summed E-state index contributed by atoms with van der Waals surface area (Å²) in [4.78, 5) is 10.9. The maximum Gasteiger partial charge on any atom is 0.330 e. The van der Waals surface area contributed by atoms with Crippen LogP contribution < -0.4 is 0 Å². The number of unbranched alkanes of at least 4 members (excludes halogenated alkanes) is 2. The molecule has 0 saturated carbocycles. The van der Waals surface area contributed by atoms with Gasteiger partial charge in [-0.2, -0.15) is 0 Å². The van der Waals surface area contributed by atoms with Crippen molar-refractivity contribution in [2.45, 2.75) is 52.1 Å². The lowest BCUT2D eigenvalue weighted by Gasteiger charge is -2.14. The van der Waals surface area contributed by atoms with Crippen LogP contribution in [0.5, 0.6) is 0 Å². The molecule has 0 aliphatic carbocycles. The van der Waals surface area contributed by atoms with Crippen LogP contribution in [0.3, 0.4) is 0 Å². The van der Waals surface area contributed by atoms with Crippen molar-refractivity contribution in [2.75, 3.05) is 0 Å². The molecule has 1 atom stereocenters. The fourth-order valence-electron chi connectivity index (χ4n) is 1.18. The van der Waals surface area contributed by atoms with Crippen LogP contribution in [0.15, 0.2) is 12.7 Å². The average Bonchev–Trinajstić information content (AvgIpc) is 2.16. The molecule has 0 amide bonds. The SMILES string of the molecule is C=CC(=O)OC(CC)CCCCC.F. The fraction of sp³-hybridized carbons (Fsp3) is 0.727. The Labute approximate surface area is 85.7 Å². The first-order valence-corrected chi connectivity index (χ1v) is 5.07. The van der Waals surface area contributed by atoms with E-state index in [9.17, 15) is 4.79 Å². The highest BCUT2D eigenvalue weighted by molar-refractivity contribution is 5.81. The van der Waals surface area contributed by atoms with Gasteiger partial charge in [-0.3, -0.25) is 4.70 Å². The van der Waals surface area contributed by atoms with Crippen molar-refractivity contribution in [3.8, 4) is 0 Å². The third-order valence-electron chi connectivity index (χ3n) is 2.03. The first kappa shape index (κ1) is 15.6. The molecule has 0 radical (unpaired) electrons. The van der Waals surface area contributed by atoms with Gasteiger partial charge in [0.05, 0.1) is 0 Å². The van der Waals surface area contributed by atoms with Crippen molar-refractivity contribution in [3.05, 3.63) is 12.7 Å². The number of carbonyl (C=O) groups is 1. The van der Waals surface area contributed by atoms with Crippen LogP contribution in [-0.4, -0.2) is 12.1 Å². The van der Waals surface area contributed by atoms with E-state index >= 15 is 0 Å². The van der Waals surface area contributed by atoms with Crippen LogP contribution in [-0.2, 0) is 9.53 Å². The topological polar surface area (TPSA) is 26.3 Å². The summed E-state index contributed by atoms with van der Waals surface area (Å²) in [6, 6.07) is 0. The zero-order chi connectivity index (χ0) is 10.1. The maximum atomic E-state index is 10.9. The molecule has 0 aliphatic rings. The molecule has 0 aromatic rings. The van der Waals surface area contributed by atoms with Crippen molar-refractivity contribution in [1.82, 2.24) is 0 Å². The van der Waals surface area contributed by atoms with Gasteiger partial charge in [0, 0.05) is 6.08 Å². The molecule has 0 rings (SSSR count). The average molecular weight is 204 g/mol. The molecule has 0 aromatic carbocycles. The van der Waals surface area contributed by atoms with Gasteiger partial charge in [0.15, 0.2) is 0 Å². The van der Waals surface area contributed by atoms with Crippen LogP contribution in [0.25, 0.3) is 0 Å². The standard InChI is InChI=1S/C11H20O2.FH/c1-4-7-8-9-10(5-2)13-11(12)6-3;/h6,10H,3-5,7-9H2,1-2H3;1H. The van der Waals surface area contributed by atoms with E-state index in [0.29, 0.717) is 0 Å². The molecule has 0 saturated heterocycles. The second-order valence-electron chi connectivity index (χ2n) is 3.17. The van der Waals surface area contributed by atoms with Crippen molar-refractivity contribution >= 4 is 5.97 Å². The van der Waals surface area contributed by atoms with Crippen LogP contribution in [0.4, 0.5) is 4.70 Å². The van der Waals surface area contributed by atoms with E-state index in [-0.39, 0.29) is 16.8 Å². The first-order chi connectivity index (χ1) is 6.24. The lowest BCUT2D eigenvalue weighted by atomic mass is 10.1. The van der Waals surface area contributed by atoms with E-state index in [2.05, 4.69) is 13.5 Å². The number of esters is 1. The van der Waals surface area contributed by atoms with Crippen molar-refractivity contribution in [2.24, 2.45) is 0 Å². The third-order valence-corrected chi connectivity index (χ3v) is 2.03. The highest BCUT2D eigenvalue weighted by Gasteiger charge is 2.08. The molecule has 0 bridgehead atoms. The summed E-state index contributed by atoms with van der Waals surface area (Å²) in [7, 11) is 0. The Kier molecular flexibility index (Phi) is 11.4. The van der Waals surface area contributed by atoms with Gasteiger partial charge >= 0.3 is 5.97 Å². The summed E-state index contributed by atoms with van der Waals surface area (Å²) >= 11 is 0. The number of rotatable bonds is 7. The van der Waals surface area contributed by atoms with E-state index in [1.165, 1.54) is 18.9 Å². The van der Waals surface area contributed by atoms with Gasteiger partial charge in [0.1, 0.15) is 6.10 Å². The number of ether oxygens (including phenoxy) is 1. The molecule has 0 aliphatic heterocycles. The van der Waals surface area contributed by atoms with Gasteiger partial charge < -0.3 is 4.74 Å². The Bertz CT molecular complexity index is 157. The van der Waals surface area contributed by atoms with Crippen molar-refractivity contribution in [3.63, 3.8) is 0 Å². The fourth-order valence-corrected chi connectivity index (χ4v) is 1.18. The second kappa shape index (κ2) is 10.2. The predicted octanol–water partition coefficient (Wildman–Crippen LogP) is 3.23. The van der Waals surface area contributed by atoms with Crippen LogP contribution >= 0.6 is 0 Å². The van der Waals surface area contributed by atoms with Gasteiger partial charge in [0.25, 0.3) is 0 Å². The first-order valence-electron chi connectivity index (χ1n) is 5.07. The van der Waals surface area contributed by atoms with Gasteiger partial charge in [-0.25, -0.2) is 4.79 Å². The van der Waals surface area contributed by atoms with Gasteiger partial charge in [-0.05, 0) is 19.3 Å². The summed E-state index contributed by atoms with van der Waals surface area (Å²) in [6.07, 6.45) is 6.72. The molecule has 1 unspecified atom stereocenters. The summed E-state index contributed by atoms with van der Waals surface area (Å²) in [5.74, 6) is -0.302. The lowest BCUT2D eigenvalue weighted by molar-refractivity contribution is -0.143. The summed E-state index contributed by atoms with van der Waals surface area (Å²) < 4.78 is 5.14. The minimum absolute atomic E-state index is 0. The molecule has 0 N–H and O–H groups in total. The number of halogens is 1. The van der Waals surface area contributed by atoms with Crippen molar-refractivity contribution in [1.29, 1.82) is 0 Å². The van der Waals surface area contributed by atoms with E-state index in [0.717, 1.165) is 19.3 Å². The normalized spacial score (nSPS) is 11.3. The smallest absolute Gasteiger partial charge is 0.330 e. The third kappa shape index (κ3) is 7.77. The van der Waals surface area contributed by atoms with E-state index in [4.69, 9.17) is 4.74 Å². The highest BCUT2D eigenvalue weighted by Crippen LogP contribution is 2.10. The number of carbonyl (C=O) groups excluding carboxylic acids is 1. The number of hydrogen-bond donors (Lipinski definition) is 0. The number of hydrogen-bond acceptors (Lipinski definition) is 2. The molecule has 84 valence electrons. The molecule has 0 aromatic heterocycles. The Balaban J connectivity index is 0. The molecular weight excluding hydrogens is 183 g/mol. The molecule has 14 heavy (non-hydrogen) atoms. The minimum atomic E-state index is -0.302. The van der Waals surface area contributed by atoms with Crippen LogP contribution in [0, 0.1) is 0 Å². The zero-order valence-corrected chi connectivity index (χ0v) is 9.12.